The number of benzene rings is 1. The van der Waals surface area contributed by atoms with Gasteiger partial charge in [0.2, 0.25) is 5.88 Å². The summed E-state index contributed by atoms with van der Waals surface area (Å²) in [5.41, 5.74) is 2.00. The second kappa shape index (κ2) is 7.02. The second-order valence-electron chi connectivity index (χ2n) is 7.12. The Kier molecular flexibility index (Phi) is 4.97. The first-order chi connectivity index (χ1) is 11.8. The van der Waals surface area contributed by atoms with Gasteiger partial charge in [0.1, 0.15) is 11.5 Å². The largest absolute Gasteiger partial charge is 0.478 e. The van der Waals surface area contributed by atoms with E-state index in [1.807, 2.05) is 31.2 Å². The Bertz CT molecular complexity index is 752. The van der Waals surface area contributed by atoms with Gasteiger partial charge in [-0.1, -0.05) is 12.1 Å². The topological polar surface area (TPSA) is 71.8 Å². The van der Waals surface area contributed by atoms with E-state index < -0.39 is 11.7 Å². The van der Waals surface area contributed by atoms with E-state index in [9.17, 15) is 10.2 Å². The highest BCUT2D eigenvalue weighted by Gasteiger charge is 2.23. The molecule has 134 valence electrons. The molecule has 25 heavy (non-hydrogen) atoms. The summed E-state index contributed by atoms with van der Waals surface area (Å²) >= 11 is 0. The van der Waals surface area contributed by atoms with E-state index in [4.69, 9.17) is 9.47 Å². The van der Waals surface area contributed by atoms with Crippen molar-refractivity contribution in [2.45, 2.75) is 51.7 Å². The molecule has 0 radical (unpaired) electrons. The van der Waals surface area contributed by atoms with Crippen LogP contribution in [-0.4, -0.2) is 27.4 Å². The van der Waals surface area contributed by atoms with Gasteiger partial charge in [0.15, 0.2) is 0 Å². The summed E-state index contributed by atoms with van der Waals surface area (Å²) < 4.78 is 11.6. The third-order valence-electron chi connectivity index (χ3n) is 4.39. The molecule has 0 aliphatic heterocycles. The Morgan fingerprint density at radius 1 is 1.20 bits per heavy atom. The number of rotatable bonds is 6. The smallest absolute Gasteiger partial charge is 0.213 e. The summed E-state index contributed by atoms with van der Waals surface area (Å²) in [6.45, 7) is 5.78. The summed E-state index contributed by atoms with van der Waals surface area (Å²) in [6.07, 6.45) is 1.69. The fraction of sp³-hybridized carbons (Fsp3) is 0.450. The van der Waals surface area contributed by atoms with E-state index in [2.05, 4.69) is 4.98 Å². The van der Waals surface area contributed by atoms with Crippen molar-refractivity contribution in [3.63, 3.8) is 0 Å². The molecule has 0 saturated heterocycles. The molecule has 0 saturated carbocycles. The Morgan fingerprint density at radius 3 is 2.72 bits per heavy atom. The average molecular weight is 343 g/mol. The molecule has 1 heterocycles. The van der Waals surface area contributed by atoms with E-state index >= 15 is 0 Å². The normalized spacial score (nSPS) is 16.6. The Morgan fingerprint density at radius 2 is 2.00 bits per heavy atom. The fourth-order valence-corrected chi connectivity index (χ4v) is 2.93. The zero-order valence-electron chi connectivity index (χ0n) is 15.0. The second-order valence-corrected chi connectivity index (χ2v) is 7.12. The maximum absolute atomic E-state index is 10.0. The molecule has 1 aliphatic rings. The van der Waals surface area contributed by atoms with Crippen LogP contribution in [0.5, 0.6) is 17.4 Å². The highest BCUT2D eigenvalue weighted by atomic mass is 16.5. The predicted molar refractivity (Wildman–Crippen MR) is 95.2 cm³/mol. The fourth-order valence-electron chi connectivity index (χ4n) is 2.93. The van der Waals surface area contributed by atoms with Gasteiger partial charge in [-0.2, -0.15) is 0 Å². The molecule has 5 heteroatoms. The van der Waals surface area contributed by atoms with E-state index in [0.717, 1.165) is 35.4 Å². The number of hydrogen-bond acceptors (Lipinski definition) is 5. The van der Waals surface area contributed by atoms with Crippen LogP contribution in [-0.2, 0) is 6.42 Å². The van der Waals surface area contributed by atoms with Crippen LogP contribution in [0.2, 0.25) is 0 Å². The summed E-state index contributed by atoms with van der Waals surface area (Å²) in [5, 5.41) is 19.7. The lowest BCUT2D eigenvalue weighted by molar-refractivity contribution is 0.0546. The number of aliphatic hydroxyl groups excluding tert-OH is 1. The van der Waals surface area contributed by atoms with E-state index in [0.29, 0.717) is 24.7 Å². The van der Waals surface area contributed by atoms with Crippen molar-refractivity contribution in [2.24, 2.45) is 0 Å². The summed E-state index contributed by atoms with van der Waals surface area (Å²) in [5.74, 6) is 1.96. The SMILES string of the molecule is Cc1nc(OCCC(C)(C)O)ccc1Oc1cccc2c1CC[C@@H]2O. The number of nitrogens with zero attached hydrogens (tertiary/aromatic N) is 1. The third-order valence-corrected chi connectivity index (χ3v) is 4.39. The van der Waals surface area contributed by atoms with Gasteiger partial charge < -0.3 is 19.7 Å². The molecule has 0 spiro atoms. The molecule has 0 fully saturated rings. The first kappa shape index (κ1) is 17.7. The lowest BCUT2D eigenvalue weighted by Gasteiger charge is -2.17. The molecule has 5 nitrogen and oxygen atoms in total. The van der Waals surface area contributed by atoms with E-state index in [1.165, 1.54) is 0 Å². The monoisotopic (exact) mass is 343 g/mol. The van der Waals surface area contributed by atoms with Crippen molar-refractivity contribution in [1.82, 2.24) is 4.98 Å². The van der Waals surface area contributed by atoms with Gasteiger partial charge in [-0.15, -0.1) is 0 Å². The standard InChI is InChI=1S/C20H25NO4/c1-13-17(9-10-19(21-13)24-12-11-20(2,3)23)25-18-6-4-5-14-15(18)7-8-16(14)22/h4-6,9-10,16,22-23H,7-8,11-12H2,1-3H3/t16-/m0/s1. The van der Waals surface area contributed by atoms with E-state index in [-0.39, 0.29) is 0 Å². The lowest BCUT2D eigenvalue weighted by atomic mass is 10.1. The number of pyridine rings is 1. The number of aromatic nitrogens is 1. The van der Waals surface area contributed by atoms with Crippen molar-refractivity contribution in [1.29, 1.82) is 0 Å². The molecular formula is C20H25NO4. The molecule has 1 aromatic heterocycles. The molecule has 2 N–H and O–H groups in total. The average Bonchev–Trinajstić information content (AvgIpc) is 2.91. The minimum atomic E-state index is -0.754. The van der Waals surface area contributed by atoms with Crippen LogP contribution in [0.25, 0.3) is 0 Å². The van der Waals surface area contributed by atoms with Crippen molar-refractivity contribution in [2.75, 3.05) is 6.61 Å². The van der Waals surface area contributed by atoms with Crippen LogP contribution in [0.15, 0.2) is 30.3 Å². The van der Waals surface area contributed by atoms with E-state index in [1.54, 1.807) is 19.9 Å². The number of hydrogen-bond donors (Lipinski definition) is 2. The van der Waals surface area contributed by atoms with Gasteiger partial charge >= 0.3 is 0 Å². The lowest BCUT2D eigenvalue weighted by Crippen LogP contribution is -2.22. The summed E-state index contributed by atoms with van der Waals surface area (Å²) in [6, 6.07) is 9.38. The van der Waals surface area contributed by atoms with Crippen LogP contribution in [0.1, 0.15) is 49.6 Å². The van der Waals surface area contributed by atoms with Gasteiger partial charge in [0.05, 0.1) is 24.0 Å². The number of ether oxygens (including phenoxy) is 2. The number of aliphatic hydroxyl groups is 2. The Labute approximate surface area is 148 Å². The van der Waals surface area contributed by atoms with Crippen LogP contribution in [0.4, 0.5) is 0 Å². The maximum atomic E-state index is 10.0. The number of fused-ring (bicyclic) bond motifs is 1. The van der Waals surface area contributed by atoms with Crippen molar-refractivity contribution >= 4 is 0 Å². The van der Waals surface area contributed by atoms with Crippen LogP contribution in [0.3, 0.4) is 0 Å². The molecule has 2 aromatic rings. The highest BCUT2D eigenvalue weighted by Crippen LogP contribution is 2.39. The summed E-state index contributed by atoms with van der Waals surface area (Å²) in [7, 11) is 0. The molecule has 0 amide bonds. The van der Waals surface area contributed by atoms with Crippen LogP contribution >= 0.6 is 0 Å². The van der Waals surface area contributed by atoms with Crippen molar-refractivity contribution in [3.8, 4) is 17.4 Å². The molecule has 1 atom stereocenters. The van der Waals surface area contributed by atoms with Gasteiger partial charge in [-0.3, -0.25) is 0 Å². The van der Waals surface area contributed by atoms with Crippen molar-refractivity contribution < 1.29 is 19.7 Å². The first-order valence-corrected chi connectivity index (χ1v) is 8.64. The van der Waals surface area contributed by atoms with Gasteiger partial charge in [-0.25, -0.2) is 4.98 Å². The zero-order chi connectivity index (χ0) is 18.0. The molecule has 1 aliphatic carbocycles. The van der Waals surface area contributed by atoms with Crippen LogP contribution < -0.4 is 9.47 Å². The minimum absolute atomic E-state index is 0.399. The Hall–Kier alpha value is -2.11. The quantitative estimate of drug-likeness (QED) is 0.837. The first-order valence-electron chi connectivity index (χ1n) is 8.64. The molecule has 1 aromatic carbocycles. The summed E-state index contributed by atoms with van der Waals surface area (Å²) in [4.78, 5) is 4.42. The maximum Gasteiger partial charge on any atom is 0.213 e. The molecule has 3 rings (SSSR count). The molecule has 0 unspecified atom stereocenters. The number of aryl methyl sites for hydroxylation is 1. The molecular weight excluding hydrogens is 318 g/mol. The third kappa shape index (κ3) is 4.30. The zero-order valence-corrected chi connectivity index (χ0v) is 15.0. The van der Waals surface area contributed by atoms with Gasteiger partial charge in [-0.05, 0) is 51.3 Å². The molecule has 0 bridgehead atoms. The van der Waals surface area contributed by atoms with Crippen LogP contribution in [0, 0.1) is 6.92 Å². The highest BCUT2D eigenvalue weighted by molar-refractivity contribution is 5.47. The Balaban J connectivity index is 1.70. The minimum Gasteiger partial charge on any atom is -0.478 e. The van der Waals surface area contributed by atoms with Gasteiger partial charge in [0, 0.05) is 18.1 Å². The predicted octanol–water partition coefficient (Wildman–Crippen LogP) is 3.70. The van der Waals surface area contributed by atoms with Gasteiger partial charge in [0.25, 0.3) is 0 Å². The van der Waals surface area contributed by atoms with Crippen molar-refractivity contribution in [3.05, 3.63) is 47.2 Å².